The van der Waals surface area contributed by atoms with Crippen LogP contribution in [-0.4, -0.2) is 21.0 Å². The molecule has 0 aliphatic rings. The summed E-state index contributed by atoms with van der Waals surface area (Å²) >= 11 is 0. The molecule has 0 spiro atoms. The second kappa shape index (κ2) is 5.35. The molecule has 2 aromatic carbocycles. The number of alkyl halides is 3. The molecule has 0 amide bonds. The monoisotopic (exact) mass is 318 g/mol. The molecule has 0 saturated carbocycles. The Balaban J connectivity index is 2.32. The third-order valence-electron chi connectivity index (χ3n) is 3.28. The third kappa shape index (κ3) is 2.73. The standard InChI is InChI=1S/C16H9F3N2O2/c17-16(18,19)11-7-3-1-5-9(11)14-20-12-8-4-2-6-10(12)13(21-14)15(22)23/h1-8H,(H,22,23). The molecule has 1 aromatic heterocycles. The minimum absolute atomic E-state index is 0.256. The number of aromatic nitrogens is 2. The summed E-state index contributed by atoms with van der Waals surface area (Å²) in [5, 5.41) is 9.54. The summed E-state index contributed by atoms with van der Waals surface area (Å²) in [7, 11) is 0. The second-order valence-corrected chi connectivity index (χ2v) is 4.76. The molecule has 4 nitrogen and oxygen atoms in total. The van der Waals surface area contributed by atoms with Crippen LogP contribution >= 0.6 is 0 Å². The first kappa shape index (κ1) is 15.0. The number of halogens is 3. The lowest BCUT2D eigenvalue weighted by Gasteiger charge is -2.12. The van der Waals surface area contributed by atoms with Crippen molar-refractivity contribution in [3.63, 3.8) is 0 Å². The number of aromatic carboxylic acids is 1. The molecule has 0 atom stereocenters. The summed E-state index contributed by atoms with van der Waals surface area (Å²) in [5.74, 6) is -1.59. The lowest BCUT2D eigenvalue weighted by atomic mass is 10.1. The number of rotatable bonds is 2. The van der Waals surface area contributed by atoms with Crippen LogP contribution in [0.15, 0.2) is 48.5 Å². The van der Waals surface area contributed by atoms with Gasteiger partial charge >= 0.3 is 12.1 Å². The van der Waals surface area contributed by atoms with Crippen LogP contribution in [0.5, 0.6) is 0 Å². The number of carboxylic acids is 1. The fraction of sp³-hybridized carbons (Fsp3) is 0.0625. The zero-order valence-electron chi connectivity index (χ0n) is 11.5. The van der Waals surface area contributed by atoms with Crippen LogP contribution in [0.4, 0.5) is 13.2 Å². The lowest BCUT2D eigenvalue weighted by molar-refractivity contribution is -0.137. The number of fused-ring (bicyclic) bond motifs is 1. The number of carboxylic acid groups (broad SMARTS) is 1. The van der Waals surface area contributed by atoms with Gasteiger partial charge in [-0.1, -0.05) is 36.4 Å². The van der Waals surface area contributed by atoms with E-state index >= 15 is 0 Å². The van der Waals surface area contributed by atoms with Gasteiger partial charge < -0.3 is 5.11 Å². The molecular formula is C16H9F3N2O2. The molecule has 0 aliphatic heterocycles. The number of carbonyl (C=O) groups is 1. The van der Waals surface area contributed by atoms with E-state index in [1.54, 1.807) is 12.1 Å². The number of nitrogens with zero attached hydrogens (tertiary/aromatic N) is 2. The highest BCUT2D eigenvalue weighted by Crippen LogP contribution is 2.36. The number of hydrogen-bond acceptors (Lipinski definition) is 3. The van der Waals surface area contributed by atoms with Crippen molar-refractivity contribution in [2.45, 2.75) is 6.18 Å². The van der Waals surface area contributed by atoms with Crippen molar-refractivity contribution in [3.05, 3.63) is 59.8 Å². The molecule has 0 aliphatic carbocycles. The highest BCUT2D eigenvalue weighted by molar-refractivity contribution is 6.01. The fourth-order valence-corrected chi connectivity index (χ4v) is 2.29. The summed E-state index contributed by atoms with van der Waals surface area (Å²) < 4.78 is 39.4. The van der Waals surface area contributed by atoms with Crippen molar-refractivity contribution in [2.75, 3.05) is 0 Å². The molecule has 1 heterocycles. The molecule has 0 radical (unpaired) electrons. The quantitative estimate of drug-likeness (QED) is 0.775. The topological polar surface area (TPSA) is 63.1 Å². The van der Waals surface area contributed by atoms with Gasteiger partial charge in [0.15, 0.2) is 11.5 Å². The predicted molar refractivity (Wildman–Crippen MR) is 76.9 cm³/mol. The SMILES string of the molecule is O=C(O)c1nc(-c2ccccc2C(F)(F)F)nc2ccccc12. The van der Waals surface area contributed by atoms with Crippen LogP contribution in [0.25, 0.3) is 22.3 Å². The predicted octanol–water partition coefficient (Wildman–Crippen LogP) is 4.01. The Morgan fingerprint density at radius 3 is 2.30 bits per heavy atom. The number of para-hydroxylation sites is 1. The zero-order chi connectivity index (χ0) is 16.6. The molecule has 3 aromatic rings. The Labute approximate surface area is 128 Å². The first-order valence-corrected chi connectivity index (χ1v) is 6.54. The van der Waals surface area contributed by atoms with Gasteiger partial charge in [-0.2, -0.15) is 13.2 Å². The van der Waals surface area contributed by atoms with Crippen LogP contribution in [0.1, 0.15) is 16.1 Å². The summed E-state index contributed by atoms with van der Waals surface area (Å²) in [6, 6.07) is 11.1. The van der Waals surface area contributed by atoms with Gasteiger partial charge in [-0.05, 0) is 12.1 Å². The summed E-state index contributed by atoms with van der Waals surface area (Å²) in [6.45, 7) is 0. The summed E-state index contributed by atoms with van der Waals surface area (Å²) in [5.41, 5.74) is -1.23. The van der Waals surface area contributed by atoms with E-state index in [0.717, 1.165) is 6.07 Å². The highest BCUT2D eigenvalue weighted by Gasteiger charge is 2.34. The first-order chi connectivity index (χ1) is 10.9. The maximum atomic E-state index is 13.1. The van der Waals surface area contributed by atoms with Gasteiger partial charge in [-0.15, -0.1) is 0 Å². The lowest BCUT2D eigenvalue weighted by Crippen LogP contribution is -2.10. The average Bonchev–Trinajstić information content (AvgIpc) is 2.53. The molecule has 7 heteroatoms. The molecular weight excluding hydrogens is 309 g/mol. The Morgan fingerprint density at radius 2 is 1.61 bits per heavy atom. The zero-order valence-corrected chi connectivity index (χ0v) is 11.5. The van der Waals surface area contributed by atoms with Crippen molar-refractivity contribution < 1.29 is 23.1 Å². The van der Waals surface area contributed by atoms with Crippen LogP contribution in [-0.2, 0) is 6.18 Å². The molecule has 3 rings (SSSR count). The maximum absolute atomic E-state index is 13.1. The molecule has 0 unspecified atom stereocenters. The largest absolute Gasteiger partial charge is 0.476 e. The molecule has 0 fully saturated rings. The van der Waals surface area contributed by atoms with E-state index in [4.69, 9.17) is 0 Å². The Kier molecular flexibility index (Phi) is 3.48. The summed E-state index contributed by atoms with van der Waals surface area (Å²) in [4.78, 5) is 19.3. The molecule has 0 saturated heterocycles. The first-order valence-electron chi connectivity index (χ1n) is 6.54. The maximum Gasteiger partial charge on any atom is 0.417 e. The highest BCUT2D eigenvalue weighted by atomic mass is 19.4. The van der Waals surface area contributed by atoms with Crippen molar-refractivity contribution in [1.82, 2.24) is 9.97 Å². The van der Waals surface area contributed by atoms with E-state index in [-0.39, 0.29) is 28.0 Å². The van der Waals surface area contributed by atoms with Gasteiger partial charge in [0.1, 0.15) is 0 Å². The number of benzene rings is 2. The van der Waals surface area contributed by atoms with Crippen molar-refractivity contribution in [3.8, 4) is 11.4 Å². The van der Waals surface area contributed by atoms with Crippen molar-refractivity contribution in [1.29, 1.82) is 0 Å². The van der Waals surface area contributed by atoms with Crippen molar-refractivity contribution >= 4 is 16.9 Å². The normalized spacial score (nSPS) is 11.6. The van der Waals surface area contributed by atoms with Crippen LogP contribution in [0.2, 0.25) is 0 Å². The van der Waals surface area contributed by atoms with E-state index in [9.17, 15) is 23.1 Å². The van der Waals surface area contributed by atoms with Gasteiger partial charge in [-0.3, -0.25) is 0 Å². The van der Waals surface area contributed by atoms with E-state index in [1.807, 2.05) is 0 Å². The van der Waals surface area contributed by atoms with E-state index < -0.39 is 17.7 Å². The van der Waals surface area contributed by atoms with Gasteiger partial charge in [0.2, 0.25) is 0 Å². The van der Waals surface area contributed by atoms with Gasteiger partial charge in [0, 0.05) is 10.9 Å². The van der Waals surface area contributed by atoms with Crippen LogP contribution in [0, 0.1) is 0 Å². The Hall–Kier alpha value is -2.96. The van der Waals surface area contributed by atoms with Gasteiger partial charge in [0.25, 0.3) is 0 Å². The minimum Gasteiger partial charge on any atom is -0.476 e. The second-order valence-electron chi connectivity index (χ2n) is 4.76. The Morgan fingerprint density at radius 1 is 0.957 bits per heavy atom. The van der Waals surface area contributed by atoms with Crippen LogP contribution < -0.4 is 0 Å². The molecule has 116 valence electrons. The average molecular weight is 318 g/mol. The fourth-order valence-electron chi connectivity index (χ4n) is 2.29. The molecule has 1 N–H and O–H groups in total. The van der Waals surface area contributed by atoms with E-state index in [1.165, 1.54) is 30.3 Å². The minimum atomic E-state index is -4.59. The van der Waals surface area contributed by atoms with Gasteiger partial charge in [-0.25, -0.2) is 14.8 Å². The van der Waals surface area contributed by atoms with E-state index in [0.29, 0.717) is 0 Å². The smallest absolute Gasteiger partial charge is 0.417 e. The van der Waals surface area contributed by atoms with Gasteiger partial charge in [0.05, 0.1) is 11.1 Å². The molecule has 0 bridgehead atoms. The van der Waals surface area contributed by atoms with Crippen molar-refractivity contribution in [2.24, 2.45) is 0 Å². The number of hydrogen-bond donors (Lipinski definition) is 1. The van der Waals surface area contributed by atoms with E-state index in [2.05, 4.69) is 9.97 Å². The summed E-state index contributed by atoms with van der Waals surface area (Å²) in [6.07, 6.45) is -4.59. The van der Waals surface area contributed by atoms with Crippen LogP contribution in [0.3, 0.4) is 0 Å². The Bertz CT molecular complexity index is 907. The third-order valence-corrected chi connectivity index (χ3v) is 3.28. The molecule has 23 heavy (non-hydrogen) atoms.